The maximum Gasteiger partial charge on any atom is 0.249 e. The SMILES string of the molecule is O=CCOCCOCCCc1cccc2c1c1cccnc1n2C1CCC(=O)NC1=O. The van der Waals surface area contributed by atoms with Crippen LogP contribution in [-0.4, -0.2) is 54.1 Å². The van der Waals surface area contributed by atoms with Crippen LogP contribution in [-0.2, 0) is 30.3 Å². The first-order valence-electron chi connectivity index (χ1n) is 10.5. The number of carbonyl (C=O) groups is 3. The number of nitrogens with zero attached hydrogens (tertiary/aromatic N) is 2. The van der Waals surface area contributed by atoms with Crippen LogP contribution in [0.4, 0.5) is 0 Å². The van der Waals surface area contributed by atoms with Crippen molar-refractivity contribution in [2.45, 2.75) is 31.7 Å². The van der Waals surface area contributed by atoms with E-state index < -0.39 is 6.04 Å². The lowest BCUT2D eigenvalue weighted by molar-refractivity contribution is -0.135. The number of fused-ring (bicyclic) bond motifs is 3. The van der Waals surface area contributed by atoms with Gasteiger partial charge in [-0.05, 0) is 43.0 Å². The van der Waals surface area contributed by atoms with E-state index in [0.717, 1.165) is 41.1 Å². The third kappa shape index (κ3) is 4.50. The predicted octanol–water partition coefficient (Wildman–Crippen LogP) is 2.33. The summed E-state index contributed by atoms with van der Waals surface area (Å²) in [7, 11) is 0. The number of imide groups is 1. The van der Waals surface area contributed by atoms with Crippen molar-refractivity contribution in [2.75, 3.05) is 26.4 Å². The van der Waals surface area contributed by atoms with Crippen molar-refractivity contribution in [3.63, 3.8) is 0 Å². The van der Waals surface area contributed by atoms with E-state index in [1.54, 1.807) is 6.20 Å². The van der Waals surface area contributed by atoms with Crippen molar-refractivity contribution in [3.05, 3.63) is 42.1 Å². The molecule has 1 N–H and O–H groups in total. The normalized spacial score (nSPS) is 16.7. The predicted molar refractivity (Wildman–Crippen MR) is 115 cm³/mol. The van der Waals surface area contributed by atoms with Crippen LogP contribution in [0.5, 0.6) is 0 Å². The molecule has 0 saturated carbocycles. The number of aryl methyl sites for hydroxylation is 1. The van der Waals surface area contributed by atoms with E-state index in [9.17, 15) is 14.4 Å². The first kappa shape index (κ1) is 21.1. The molecule has 1 aliphatic rings. The molecular weight excluding hydrogens is 398 g/mol. The second-order valence-electron chi connectivity index (χ2n) is 7.48. The van der Waals surface area contributed by atoms with Crippen LogP contribution >= 0.6 is 0 Å². The first-order chi connectivity index (χ1) is 15.2. The fraction of sp³-hybridized carbons (Fsp3) is 0.391. The Balaban J connectivity index is 1.57. The molecule has 1 aromatic carbocycles. The van der Waals surface area contributed by atoms with Gasteiger partial charge in [0.2, 0.25) is 11.8 Å². The van der Waals surface area contributed by atoms with Crippen LogP contribution in [0.15, 0.2) is 36.5 Å². The third-order valence-corrected chi connectivity index (χ3v) is 5.49. The van der Waals surface area contributed by atoms with E-state index >= 15 is 0 Å². The molecule has 4 rings (SSSR count). The van der Waals surface area contributed by atoms with Gasteiger partial charge in [-0.2, -0.15) is 0 Å². The van der Waals surface area contributed by atoms with Gasteiger partial charge in [0.15, 0.2) is 0 Å². The second kappa shape index (κ2) is 9.80. The molecule has 2 aromatic heterocycles. The highest BCUT2D eigenvalue weighted by Crippen LogP contribution is 2.35. The van der Waals surface area contributed by atoms with Crippen molar-refractivity contribution >= 4 is 40.0 Å². The first-order valence-corrected chi connectivity index (χ1v) is 10.5. The molecule has 3 aromatic rings. The van der Waals surface area contributed by atoms with E-state index in [0.29, 0.717) is 32.7 Å². The number of amides is 2. The largest absolute Gasteiger partial charge is 0.379 e. The zero-order chi connectivity index (χ0) is 21.6. The number of rotatable bonds is 10. The van der Waals surface area contributed by atoms with Gasteiger partial charge < -0.3 is 18.8 Å². The topological polar surface area (TPSA) is 99.5 Å². The Kier molecular flexibility index (Phi) is 6.69. The number of aromatic nitrogens is 2. The number of piperidine rings is 1. The molecular formula is C23H25N3O5. The van der Waals surface area contributed by atoms with Gasteiger partial charge >= 0.3 is 0 Å². The van der Waals surface area contributed by atoms with E-state index in [4.69, 9.17) is 9.47 Å². The van der Waals surface area contributed by atoms with Crippen LogP contribution < -0.4 is 5.32 Å². The number of nitrogens with one attached hydrogen (secondary N) is 1. The lowest BCUT2D eigenvalue weighted by atomic mass is 10.0. The average molecular weight is 423 g/mol. The Morgan fingerprint density at radius 1 is 1.13 bits per heavy atom. The van der Waals surface area contributed by atoms with Crippen molar-refractivity contribution in [3.8, 4) is 0 Å². The van der Waals surface area contributed by atoms with Crippen molar-refractivity contribution in [1.29, 1.82) is 0 Å². The molecule has 0 bridgehead atoms. The number of hydrogen-bond donors (Lipinski definition) is 1. The molecule has 1 aliphatic heterocycles. The van der Waals surface area contributed by atoms with Crippen molar-refractivity contribution in [2.24, 2.45) is 0 Å². The second-order valence-corrected chi connectivity index (χ2v) is 7.48. The monoisotopic (exact) mass is 423 g/mol. The highest BCUT2D eigenvalue weighted by atomic mass is 16.5. The maximum atomic E-state index is 12.6. The summed E-state index contributed by atoms with van der Waals surface area (Å²) in [6.07, 6.45) is 4.88. The summed E-state index contributed by atoms with van der Waals surface area (Å²) in [6.45, 7) is 1.54. The van der Waals surface area contributed by atoms with Gasteiger partial charge in [-0.3, -0.25) is 14.9 Å². The molecule has 31 heavy (non-hydrogen) atoms. The van der Waals surface area contributed by atoms with Gasteiger partial charge in [-0.1, -0.05) is 12.1 Å². The summed E-state index contributed by atoms with van der Waals surface area (Å²) in [5.41, 5.74) is 2.87. The Hall–Kier alpha value is -3.10. The molecule has 3 heterocycles. The average Bonchev–Trinajstić information content (AvgIpc) is 3.11. The Bertz CT molecular complexity index is 1110. The fourth-order valence-corrected chi connectivity index (χ4v) is 4.16. The summed E-state index contributed by atoms with van der Waals surface area (Å²) in [5, 5.41) is 4.54. The highest BCUT2D eigenvalue weighted by Gasteiger charge is 2.31. The van der Waals surface area contributed by atoms with Gasteiger partial charge in [-0.25, -0.2) is 4.98 Å². The minimum atomic E-state index is -0.461. The van der Waals surface area contributed by atoms with Crippen LogP contribution in [0, 0.1) is 0 Å². The van der Waals surface area contributed by atoms with Gasteiger partial charge in [0, 0.05) is 30.0 Å². The zero-order valence-electron chi connectivity index (χ0n) is 17.2. The Morgan fingerprint density at radius 2 is 2.00 bits per heavy atom. The maximum absolute atomic E-state index is 12.6. The van der Waals surface area contributed by atoms with Gasteiger partial charge in [0.05, 0.1) is 18.7 Å². The molecule has 0 spiro atoms. The molecule has 0 aliphatic carbocycles. The minimum absolute atomic E-state index is 0.0939. The molecule has 1 unspecified atom stereocenters. The van der Waals surface area contributed by atoms with E-state index in [1.165, 1.54) is 5.56 Å². The Morgan fingerprint density at radius 3 is 2.84 bits per heavy atom. The van der Waals surface area contributed by atoms with Crippen molar-refractivity contribution < 1.29 is 23.9 Å². The van der Waals surface area contributed by atoms with Gasteiger partial charge in [0.1, 0.15) is 24.6 Å². The van der Waals surface area contributed by atoms with Crippen LogP contribution in [0.25, 0.3) is 21.9 Å². The summed E-state index contributed by atoms with van der Waals surface area (Å²) in [5.74, 6) is -0.511. The quantitative estimate of drug-likeness (QED) is 0.305. The van der Waals surface area contributed by atoms with Gasteiger partial charge in [0.25, 0.3) is 0 Å². The van der Waals surface area contributed by atoms with Gasteiger partial charge in [-0.15, -0.1) is 0 Å². The van der Waals surface area contributed by atoms with E-state index in [1.807, 2.05) is 28.8 Å². The molecule has 2 amide bonds. The van der Waals surface area contributed by atoms with Crippen LogP contribution in [0.2, 0.25) is 0 Å². The smallest absolute Gasteiger partial charge is 0.249 e. The number of aldehydes is 1. The lowest BCUT2D eigenvalue weighted by Gasteiger charge is -2.23. The third-order valence-electron chi connectivity index (χ3n) is 5.49. The number of pyridine rings is 1. The minimum Gasteiger partial charge on any atom is -0.379 e. The fourth-order valence-electron chi connectivity index (χ4n) is 4.16. The summed E-state index contributed by atoms with van der Waals surface area (Å²) < 4.78 is 12.6. The molecule has 1 fully saturated rings. The van der Waals surface area contributed by atoms with E-state index in [-0.39, 0.29) is 18.4 Å². The summed E-state index contributed by atoms with van der Waals surface area (Å²) in [4.78, 5) is 39.0. The number of benzene rings is 1. The van der Waals surface area contributed by atoms with Crippen LogP contribution in [0.3, 0.4) is 0 Å². The molecule has 1 atom stereocenters. The molecule has 8 nitrogen and oxygen atoms in total. The summed E-state index contributed by atoms with van der Waals surface area (Å²) >= 11 is 0. The molecule has 8 heteroatoms. The molecule has 1 saturated heterocycles. The van der Waals surface area contributed by atoms with E-state index in [2.05, 4.69) is 16.4 Å². The van der Waals surface area contributed by atoms with Crippen LogP contribution in [0.1, 0.15) is 30.9 Å². The number of ether oxygens (including phenoxy) is 2. The zero-order valence-corrected chi connectivity index (χ0v) is 17.2. The lowest BCUT2D eigenvalue weighted by Crippen LogP contribution is -2.41. The molecule has 162 valence electrons. The molecule has 0 radical (unpaired) electrons. The summed E-state index contributed by atoms with van der Waals surface area (Å²) in [6, 6.07) is 9.56. The van der Waals surface area contributed by atoms with Crippen molar-refractivity contribution in [1.82, 2.24) is 14.9 Å². The Labute approximate surface area is 179 Å². The number of carbonyl (C=O) groups excluding carboxylic acids is 3. The standard InChI is InChI=1S/C23H25N3O5/c27-11-13-31-15-14-30-12-3-5-16-4-1-7-18-21(16)17-6-2-10-24-22(17)26(18)19-8-9-20(28)25-23(19)29/h1-2,4,6-7,10-11,19H,3,5,8-9,12-15H2,(H,25,28,29). The number of hydrogen-bond acceptors (Lipinski definition) is 6. The highest BCUT2D eigenvalue weighted by molar-refractivity contribution is 6.10.